The number of hydrogen-bond acceptors (Lipinski definition) is 7. The standard InChI is InChI=1S/C21H22FN5O2S/c1-26-10-12-27(13-11-26)18-9-5-4-8-17(18)23-19(28)14-30-21-25-24-20(29-21)15-6-2-3-7-16(15)22/h2-9H,10-14H2,1H3,(H,23,28). The summed E-state index contributed by atoms with van der Waals surface area (Å²) in [5, 5.41) is 11.0. The lowest BCUT2D eigenvalue weighted by atomic mass is 10.2. The fourth-order valence-corrected chi connectivity index (χ4v) is 3.79. The summed E-state index contributed by atoms with van der Waals surface area (Å²) in [6, 6.07) is 14.0. The Morgan fingerprint density at radius 3 is 2.63 bits per heavy atom. The molecule has 0 radical (unpaired) electrons. The lowest BCUT2D eigenvalue weighted by molar-refractivity contribution is -0.113. The van der Waals surface area contributed by atoms with Gasteiger partial charge in [0.2, 0.25) is 5.91 Å². The van der Waals surface area contributed by atoms with E-state index in [1.165, 1.54) is 6.07 Å². The van der Waals surface area contributed by atoms with Crippen molar-refractivity contribution in [1.29, 1.82) is 0 Å². The molecule has 0 saturated carbocycles. The minimum Gasteiger partial charge on any atom is -0.411 e. The number of thioether (sulfide) groups is 1. The summed E-state index contributed by atoms with van der Waals surface area (Å²) in [7, 11) is 2.11. The number of carbonyl (C=O) groups excluding carboxylic acids is 1. The van der Waals surface area contributed by atoms with Crippen LogP contribution in [0.4, 0.5) is 15.8 Å². The molecule has 1 aromatic heterocycles. The van der Waals surface area contributed by atoms with Gasteiger partial charge in [0.15, 0.2) is 0 Å². The summed E-state index contributed by atoms with van der Waals surface area (Å²) in [5.41, 5.74) is 2.04. The predicted octanol–water partition coefficient (Wildman–Crippen LogP) is 3.36. The van der Waals surface area contributed by atoms with Crippen molar-refractivity contribution in [2.24, 2.45) is 0 Å². The molecule has 7 nitrogen and oxygen atoms in total. The number of likely N-dealkylation sites (N-methyl/N-ethyl adjacent to an activating group) is 1. The molecular formula is C21H22FN5O2S. The molecule has 1 amide bonds. The number of nitrogens with zero attached hydrogens (tertiary/aromatic N) is 4. The predicted molar refractivity (Wildman–Crippen MR) is 115 cm³/mol. The van der Waals surface area contributed by atoms with Crippen molar-refractivity contribution in [3.05, 3.63) is 54.3 Å². The molecule has 0 aliphatic carbocycles. The van der Waals surface area contributed by atoms with Crippen molar-refractivity contribution in [2.45, 2.75) is 5.22 Å². The molecule has 1 saturated heterocycles. The summed E-state index contributed by atoms with van der Waals surface area (Å²) in [4.78, 5) is 17.1. The molecule has 2 aromatic carbocycles. The Bertz CT molecular complexity index is 1020. The van der Waals surface area contributed by atoms with E-state index < -0.39 is 5.82 Å². The van der Waals surface area contributed by atoms with E-state index in [0.29, 0.717) is 0 Å². The molecule has 1 N–H and O–H groups in total. The van der Waals surface area contributed by atoms with Crippen LogP contribution in [0.2, 0.25) is 0 Å². The first-order valence-corrected chi connectivity index (χ1v) is 10.6. The summed E-state index contributed by atoms with van der Waals surface area (Å²) in [6.07, 6.45) is 0. The van der Waals surface area contributed by atoms with Crippen molar-refractivity contribution in [2.75, 3.05) is 49.2 Å². The number of para-hydroxylation sites is 2. The molecule has 1 aliphatic rings. The highest BCUT2D eigenvalue weighted by molar-refractivity contribution is 7.99. The van der Waals surface area contributed by atoms with Crippen LogP contribution in [0.5, 0.6) is 0 Å². The maximum absolute atomic E-state index is 13.8. The summed E-state index contributed by atoms with van der Waals surface area (Å²) >= 11 is 1.12. The fraction of sp³-hybridized carbons (Fsp3) is 0.286. The van der Waals surface area contributed by atoms with Gasteiger partial charge in [0.05, 0.1) is 22.7 Å². The molecule has 0 spiro atoms. The van der Waals surface area contributed by atoms with E-state index in [9.17, 15) is 9.18 Å². The first-order valence-electron chi connectivity index (χ1n) is 9.64. The monoisotopic (exact) mass is 427 g/mol. The van der Waals surface area contributed by atoms with E-state index in [1.807, 2.05) is 24.3 Å². The Balaban J connectivity index is 1.37. The van der Waals surface area contributed by atoms with Crippen molar-refractivity contribution in [3.63, 3.8) is 0 Å². The molecule has 30 heavy (non-hydrogen) atoms. The van der Waals surface area contributed by atoms with Gasteiger partial charge in [0, 0.05) is 26.2 Å². The molecule has 9 heteroatoms. The Morgan fingerprint density at radius 2 is 1.83 bits per heavy atom. The van der Waals surface area contributed by atoms with Crippen LogP contribution in [0, 0.1) is 5.82 Å². The van der Waals surface area contributed by atoms with Gasteiger partial charge in [0.1, 0.15) is 5.82 Å². The molecule has 3 aromatic rings. The number of aromatic nitrogens is 2. The van der Waals surface area contributed by atoms with Gasteiger partial charge in [-0.15, -0.1) is 10.2 Å². The first-order chi connectivity index (χ1) is 14.6. The van der Waals surface area contributed by atoms with Gasteiger partial charge in [-0.25, -0.2) is 4.39 Å². The Morgan fingerprint density at radius 1 is 1.10 bits per heavy atom. The maximum Gasteiger partial charge on any atom is 0.277 e. The normalized spacial score (nSPS) is 14.7. The Hall–Kier alpha value is -2.91. The van der Waals surface area contributed by atoms with E-state index in [0.717, 1.165) is 49.3 Å². The van der Waals surface area contributed by atoms with E-state index >= 15 is 0 Å². The number of piperazine rings is 1. The molecule has 156 valence electrons. The number of anilines is 2. The lowest BCUT2D eigenvalue weighted by Gasteiger charge is -2.35. The zero-order valence-electron chi connectivity index (χ0n) is 16.5. The average molecular weight is 428 g/mol. The SMILES string of the molecule is CN1CCN(c2ccccc2NC(=O)CSc2nnc(-c3ccccc3F)o2)CC1. The molecular weight excluding hydrogens is 405 g/mol. The molecule has 1 fully saturated rings. The second kappa shape index (κ2) is 9.27. The minimum absolute atomic E-state index is 0.0939. The van der Waals surface area contributed by atoms with Crippen LogP contribution < -0.4 is 10.2 Å². The third-order valence-electron chi connectivity index (χ3n) is 4.86. The third-order valence-corrected chi connectivity index (χ3v) is 5.68. The van der Waals surface area contributed by atoms with Crippen LogP contribution in [0.3, 0.4) is 0 Å². The van der Waals surface area contributed by atoms with Crippen LogP contribution in [0.25, 0.3) is 11.5 Å². The van der Waals surface area contributed by atoms with E-state index in [4.69, 9.17) is 4.42 Å². The largest absolute Gasteiger partial charge is 0.411 e. The molecule has 0 unspecified atom stereocenters. The highest BCUT2D eigenvalue weighted by Crippen LogP contribution is 2.28. The van der Waals surface area contributed by atoms with Crippen LogP contribution in [-0.2, 0) is 4.79 Å². The number of rotatable bonds is 6. The van der Waals surface area contributed by atoms with Crippen LogP contribution >= 0.6 is 11.8 Å². The summed E-state index contributed by atoms with van der Waals surface area (Å²) in [6.45, 7) is 3.80. The summed E-state index contributed by atoms with van der Waals surface area (Å²) in [5.74, 6) is -0.407. The van der Waals surface area contributed by atoms with Crippen molar-refractivity contribution >= 4 is 29.0 Å². The molecule has 0 atom stereocenters. The second-order valence-electron chi connectivity index (χ2n) is 7.00. The van der Waals surface area contributed by atoms with Crippen LogP contribution in [-0.4, -0.2) is 60.0 Å². The number of amides is 1. The average Bonchev–Trinajstić information content (AvgIpc) is 3.23. The van der Waals surface area contributed by atoms with E-state index in [-0.39, 0.29) is 28.3 Å². The maximum atomic E-state index is 13.8. The van der Waals surface area contributed by atoms with Gasteiger partial charge >= 0.3 is 0 Å². The van der Waals surface area contributed by atoms with Crippen molar-refractivity contribution in [1.82, 2.24) is 15.1 Å². The van der Waals surface area contributed by atoms with Gasteiger partial charge < -0.3 is 19.5 Å². The topological polar surface area (TPSA) is 74.5 Å². The molecule has 2 heterocycles. The zero-order chi connectivity index (χ0) is 20.9. The van der Waals surface area contributed by atoms with Crippen LogP contribution in [0.1, 0.15) is 0 Å². The first kappa shape index (κ1) is 20.4. The Kier molecular flexibility index (Phi) is 6.29. The van der Waals surface area contributed by atoms with Gasteiger partial charge in [0.25, 0.3) is 11.1 Å². The highest BCUT2D eigenvalue weighted by atomic mass is 32.2. The second-order valence-corrected chi connectivity index (χ2v) is 7.92. The van der Waals surface area contributed by atoms with Gasteiger partial charge in [-0.2, -0.15) is 0 Å². The summed E-state index contributed by atoms with van der Waals surface area (Å²) < 4.78 is 19.3. The number of halogens is 1. The minimum atomic E-state index is -0.434. The third kappa shape index (κ3) is 4.80. The van der Waals surface area contributed by atoms with Gasteiger partial charge in [-0.1, -0.05) is 36.0 Å². The fourth-order valence-electron chi connectivity index (χ4n) is 3.23. The molecule has 1 aliphatic heterocycles. The van der Waals surface area contributed by atoms with Gasteiger partial charge in [-0.05, 0) is 31.3 Å². The molecule has 0 bridgehead atoms. The molecule has 4 rings (SSSR count). The quantitative estimate of drug-likeness (QED) is 0.605. The number of hydrogen-bond donors (Lipinski definition) is 1. The Labute approximate surface area is 178 Å². The van der Waals surface area contributed by atoms with Gasteiger partial charge in [-0.3, -0.25) is 4.79 Å². The number of carbonyl (C=O) groups is 1. The van der Waals surface area contributed by atoms with E-state index in [2.05, 4.69) is 32.4 Å². The number of nitrogens with one attached hydrogen (secondary N) is 1. The van der Waals surface area contributed by atoms with Crippen LogP contribution in [0.15, 0.2) is 58.2 Å². The number of benzene rings is 2. The zero-order valence-corrected chi connectivity index (χ0v) is 17.4. The van der Waals surface area contributed by atoms with Crippen molar-refractivity contribution in [3.8, 4) is 11.5 Å². The smallest absolute Gasteiger partial charge is 0.277 e. The lowest BCUT2D eigenvalue weighted by Crippen LogP contribution is -2.44. The van der Waals surface area contributed by atoms with E-state index in [1.54, 1.807) is 18.2 Å². The highest BCUT2D eigenvalue weighted by Gasteiger charge is 2.18. The van der Waals surface area contributed by atoms with Crippen molar-refractivity contribution < 1.29 is 13.6 Å².